The summed E-state index contributed by atoms with van der Waals surface area (Å²) in [4.78, 5) is 25.5. The fraction of sp³-hybridized carbons (Fsp3) is 0.867. The third-order valence-electron chi connectivity index (χ3n) is 3.80. The Morgan fingerprint density at radius 1 is 1.33 bits per heavy atom. The topological polar surface area (TPSA) is 81.7 Å². The van der Waals surface area contributed by atoms with Gasteiger partial charge in [0.05, 0.1) is 6.54 Å². The molecule has 6 heteroatoms. The predicted molar refractivity (Wildman–Crippen MR) is 81.9 cm³/mol. The van der Waals surface area contributed by atoms with Crippen LogP contribution in [0.25, 0.3) is 0 Å². The highest BCUT2D eigenvalue weighted by molar-refractivity contribution is 5.95. The highest BCUT2D eigenvalue weighted by Crippen LogP contribution is 2.24. The molecule has 1 rings (SSSR count). The van der Waals surface area contributed by atoms with Crippen molar-refractivity contribution in [3.8, 4) is 0 Å². The van der Waals surface area contributed by atoms with Crippen LogP contribution in [0, 0.1) is 5.92 Å². The zero-order valence-corrected chi connectivity index (χ0v) is 13.2. The van der Waals surface area contributed by atoms with Crippen LogP contribution in [0.3, 0.4) is 0 Å². The van der Waals surface area contributed by atoms with Crippen LogP contribution in [0.5, 0.6) is 0 Å². The molecule has 0 bridgehead atoms. The second kappa shape index (κ2) is 9.73. The van der Waals surface area contributed by atoms with E-state index in [1.54, 1.807) is 0 Å². The predicted octanol–water partition coefficient (Wildman–Crippen LogP) is 1.10. The number of hydrogen-bond donors (Lipinski definition) is 3. The van der Waals surface area contributed by atoms with Gasteiger partial charge in [0.15, 0.2) is 0 Å². The van der Waals surface area contributed by atoms with Gasteiger partial charge in [0.2, 0.25) is 5.91 Å². The van der Waals surface area contributed by atoms with Crippen LogP contribution >= 0.6 is 0 Å². The zero-order chi connectivity index (χ0) is 15.7. The first kappa shape index (κ1) is 17.9. The minimum Gasteiger partial charge on any atom is -0.396 e. The summed E-state index contributed by atoms with van der Waals surface area (Å²) in [7, 11) is 0. The van der Waals surface area contributed by atoms with Crippen LogP contribution in [-0.4, -0.2) is 54.2 Å². The lowest BCUT2D eigenvalue weighted by Gasteiger charge is -2.37. The van der Waals surface area contributed by atoms with E-state index < -0.39 is 6.03 Å². The van der Waals surface area contributed by atoms with Gasteiger partial charge in [-0.25, -0.2) is 4.79 Å². The first-order chi connectivity index (χ1) is 10.0. The Hall–Kier alpha value is -1.14. The molecular weight excluding hydrogens is 270 g/mol. The van der Waals surface area contributed by atoms with Crippen molar-refractivity contribution in [3.63, 3.8) is 0 Å². The van der Waals surface area contributed by atoms with E-state index in [1.165, 1.54) is 6.42 Å². The molecule has 0 unspecified atom stereocenters. The molecular formula is C15H29N3O3. The molecule has 1 aliphatic rings. The van der Waals surface area contributed by atoms with Crippen molar-refractivity contribution in [2.75, 3.05) is 26.2 Å². The Kier molecular flexibility index (Phi) is 8.30. The Balaban J connectivity index is 2.26. The van der Waals surface area contributed by atoms with Crippen molar-refractivity contribution in [3.05, 3.63) is 0 Å². The lowest BCUT2D eigenvalue weighted by atomic mass is 9.91. The average molecular weight is 299 g/mol. The molecule has 1 fully saturated rings. The molecule has 0 aromatic carbocycles. The largest absolute Gasteiger partial charge is 0.396 e. The molecule has 3 amide bonds. The smallest absolute Gasteiger partial charge is 0.321 e. The molecule has 1 aliphatic carbocycles. The third kappa shape index (κ3) is 7.43. The molecule has 0 radical (unpaired) electrons. The lowest BCUT2D eigenvalue weighted by molar-refractivity contribution is -0.122. The van der Waals surface area contributed by atoms with Gasteiger partial charge in [-0.2, -0.15) is 0 Å². The van der Waals surface area contributed by atoms with Crippen LogP contribution in [0.15, 0.2) is 0 Å². The normalized spacial score (nSPS) is 15.1. The maximum Gasteiger partial charge on any atom is 0.321 e. The van der Waals surface area contributed by atoms with Gasteiger partial charge >= 0.3 is 6.03 Å². The van der Waals surface area contributed by atoms with E-state index in [4.69, 9.17) is 5.11 Å². The lowest BCUT2D eigenvalue weighted by Crippen LogP contribution is -2.49. The number of nitrogens with zero attached hydrogens (tertiary/aromatic N) is 1. The summed E-state index contributed by atoms with van der Waals surface area (Å²) >= 11 is 0. The fourth-order valence-corrected chi connectivity index (χ4v) is 2.29. The standard InChI is InChI=1S/C15H29N3O3/c1-12(2)7-8-16-15(21)17-14(20)11-18(9-4-10-19)13-5-3-6-13/h12-13,19H,3-11H2,1-2H3,(H2,16,17,20,21). The van der Waals surface area contributed by atoms with E-state index in [9.17, 15) is 9.59 Å². The molecule has 0 spiro atoms. The Morgan fingerprint density at radius 3 is 2.57 bits per heavy atom. The highest BCUT2D eigenvalue weighted by Gasteiger charge is 2.26. The zero-order valence-electron chi connectivity index (χ0n) is 13.2. The summed E-state index contributed by atoms with van der Waals surface area (Å²) in [6, 6.07) is 0.00247. The SMILES string of the molecule is CC(C)CCNC(=O)NC(=O)CN(CCCO)C1CCC1. The number of aliphatic hydroxyl groups is 1. The molecule has 0 aliphatic heterocycles. The monoisotopic (exact) mass is 299 g/mol. The average Bonchev–Trinajstić information content (AvgIpc) is 2.32. The van der Waals surface area contributed by atoms with Crippen LogP contribution in [0.4, 0.5) is 4.79 Å². The molecule has 6 nitrogen and oxygen atoms in total. The van der Waals surface area contributed by atoms with E-state index in [1.807, 2.05) is 0 Å². The van der Waals surface area contributed by atoms with Gasteiger partial charge in [-0.05, 0) is 31.6 Å². The van der Waals surface area contributed by atoms with Crippen LogP contribution in [0.1, 0.15) is 46.0 Å². The Labute approximate surface area is 127 Å². The van der Waals surface area contributed by atoms with Gasteiger partial charge in [0, 0.05) is 25.7 Å². The van der Waals surface area contributed by atoms with Crippen molar-refractivity contribution in [1.29, 1.82) is 0 Å². The van der Waals surface area contributed by atoms with Crippen LogP contribution < -0.4 is 10.6 Å². The van der Waals surface area contributed by atoms with Gasteiger partial charge in [0.25, 0.3) is 0 Å². The second-order valence-corrected chi connectivity index (χ2v) is 6.12. The number of carbonyl (C=O) groups is 2. The quantitative estimate of drug-likeness (QED) is 0.595. The van der Waals surface area contributed by atoms with E-state index in [2.05, 4.69) is 29.4 Å². The molecule has 0 aromatic rings. The summed E-state index contributed by atoms with van der Waals surface area (Å²) in [5.74, 6) is 0.246. The molecule has 0 aromatic heterocycles. The second-order valence-electron chi connectivity index (χ2n) is 6.12. The number of rotatable bonds is 9. The molecule has 0 atom stereocenters. The number of hydrogen-bond acceptors (Lipinski definition) is 4. The first-order valence-corrected chi connectivity index (χ1v) is 7.95. The summed E-state index contributed by atoms with van der Waals surface area (Å²) in [6.07, 6.45) is 4.94. The van der Waals surface area contributed by atoms with E-state index in [0.29, 0.717) is 31.5 Å². The summed E-state index contributed by atoms with van der Waals surface area (Å²) in [6.45, 7) is 5.80. The molecule has 122 valence electrons. The van der Waals surface area contributed by atoms with Gasteiger partial charge in [-0.3, -0.25) is 15.0 Å². The number of imide groups is 1. The van der Waals surface area contributed by atoms with Gasteiger partial charge < -0.3 is 10.4 Å². The van der Waals surface area contributed by atoms with Crippen molar-refractivity contribution in [1.82, 2.24) is 15.5 Å². The van der Waals surface area contributed by atoms with Gasteiger partial charge in [-0.15, -0.1) is 0 Å². The van der Waals surface area contributed by atoms with Crippen molar-refractivity contribution in [2.45, 2.75) is 52.0 Å². The molecule has 3 N–H and O–H groups in total. The summed E-state index contributed by atoms with van der Waals surface area (Å²) < 4.78 is 0. The van der Waals surface area contributed by atoms with Gasteiger partial charge in [-0.1, -0.05) is 20.3 Å². The van der Waals surface area contributed by atoms with Crippen molar-refractivity contribution < 1.29 is 14.7 Å². The summed E-state index contributed by atoms with van der Waals surface area (Å²) in [5.41, 5.74) is 0. The van der Waals surface area contributed by atoms with Crippen LogP contribution in [0.2, 0.25) is 0 Å². The van der Waals surface area contributed by atoms with E-state index in [-0.39, 0.29) is 19.1 Å². The molecule has 21 heavy (non-hydrogen) atoms. The molecule has 0 heterocycles. The highest BCUT2D eigenvalue weighted by atomic mass is 16.3. The minimum absolute atomic E-state index is 0.126. The van der Waals surface area contributed by atoms with Crippen molar-refractivity contribution >= 4 is 11.9 Å². The Morgan fingerprint density at radius 2 is 2.05 bits per heavy atom. The number of amides is 3. The third-order valence-corrected chi connectivity index (χ3v) is 3.80. The molecule has 1 saturated carbocycles. The maximum absolute atomic E-state index is 11.9. The van der Waals surface area contributed by atoms with E-state index in [0.717, 1.165) is 19.3 Å². The number of aliphatic hydroxyl groups excluding tert-OH is 1. The van der Waals surface area contributed by atoms with Crippen molar-refractivity contribution in [2.24, 2.45) is 5.92 Å². The molecule has 0 saturated heterocycles. The van der Waals surface area contributed by atoms with Crippen LogP contribution in [-0.2, 0) is 4.79 Å². The number of carbonyl (C=O) groups excluding carboxylic acids is 2. The first-order valence-electron chi connectivity index (χ1n) is 7.95. The minimum atomic E-state index is -0.420. The Bertz CT molecular complexity index is 330. The fourth-order valence-electron chi connectivity index (χ4n) is 2.29. The summed E-state index contributed by atoms with van der Waals surface area (Å²) in [5, 5.41) is 14.0. The maximum atomic E-state index is 11.9. The number of nitrogens with one attached hydrogen (secondary N) is 2. The van der Waals surface area contributed by atoms with Gasteiger partial charge in [0.1, 0.15) is 0 Å². The number of urea groups is 1. The van der Waals surface area contributed by atoms with E-state index >= 15 is 0 Å².